The van der Waals surface area contributed by atoms with E-state index >= 15 is 0 Å². The number of ketones is 1. The Morgan fingerprint density at radius 3 is 2.71 bits per heavy atom. The van der Waals surface area contributed by atoms with Crippen molar-refractivity contribution in [2.75, 3.05) is 19.8 Å². The summed E-state index contributed by atoms with van der Waals surface area (Å²) in [6, 6.07) is 5.15. The van der Waals surface area contributed by atoms with E-state index in [0.29, 0.717) is 53.5 Å². The smallest absolute Gasteiger partial charge is 0.336 e. The quantitative estimate of drug-likeness (QED) is 0.477. The molecule has 0 saturated carbocycles. The highest BCUT2D eigenvalue weighted by molar-refractivity contribution is 6.03. The summed E-state index contributed by atoms with van der Waals surface area (Å²) in [7, 11) is 0. The minimum Gasteiger partial charge on any atom is -0.490 e. The molecule has 2 heterocycles. The topological polar surface area (TPSA) is 100 Å². The first kappa shape index (κ1) is 24.0. The van der Waals surface area contributed by atoms with Gasteiger partial charge in [0.1, 0.15) is 6.61 Å². The van der Waals surface area contributed by atoms with Gasteiger partial charge in [-0.15, -0.1) is 0 Å². The van der Waals surface area contributed by atoms with E-state index in [-0.39, 0.29) is 18.5 Å². The number of dihydropyridines is 1. The molecule has 1 fully saturated rings. The second-order valence-corrected chi connectivity index (χ2v) is 8.73. The summed E-state index contributed by atoms with van der Waals surface area (Å²) < 4.78 is 22.3. The molecule has 0 spiro atoms. The molecular formula is C26H31NO7. The van der Waals surface area contributed by atoms with Crippen molar-refractivity contribution in [1.82, 2.24) is 5.32 Å². The largest absolute Gasteiger partial charge is 0.490 e. The molecule has 2 atom stereocenters. The van der Waals surface area contributed by atoms with Crippen molar-refractivity contribution >= 4 is 17.7 Å². The van der Waals surface area contributed by atoms with Crippen molar-refractivity contribution < 1.29 is 33.3 Å². The minimum atomic E-state index is -0.605. The highest BCUT2D eigenvalue weighted by Crippen LogP contribution is 2.44. The number of Topliss-reactive ketones (excluding diaryl/α,β-unsaturated/α-hetero) is 1. The zero-order valence-electron chi connectivity index (χ0n) is 19.9. The van der Waals surface area contributed by atoms with Gasteiger partial charge in [0.05, 0.1) is 18.3 Å². The van der Waals surface area contributed by atoms with Gasteiger partial charge in [-0.1, -0.05) is 6.07 Å². The molecule has 2 aliphatic heterocycles. The summed E-state index contributed by atoms with van der Waals surface area (Å²) in [5.41, 5.74) is 3.19. The number of ether oxygens (including phenoxy) is 4. The third-order valence-corrected chi connectivity index (χ3v) is 6.27. The van der Waals surface area contributed by atoms with E-state index in [1.807, 2.05) is 13.8 Å². The van der Waals surface area contributed by atoms with E-state index in [0.717, 1.165) is 31.4 Å². The van der Waals surface area contributed by atoms with Crippen LogP contribution in [0, 0.1) is 0 Å². The molecule has 1 aliphatic carbocycles. The van der Waals surface area contributed by atoms with Gasteiger partial charge in [-0.25, -0.2) is 4.79 Å². The number of hydrogen-bond donors (Lipinski definition) is 1. The lowest BCUT2D eigenvalue weighted by Gasteiger charge is -2.34. The van der Waals surface area contributed by atoms with Gasteiger partial charge >= 0.3 is 11.9 Å². The molecule has 0 amide bonds. The van der Waals surface area contributed by atoms with Gasteiger partial charge in [-0.05, 0) is 57.2 Å². The number of carbonyl (C=O) groups excluding carboxylic acids is 3. The lowest BCUT2D eigenvalue weighted by Crippen LogP contribution is -2.35. The van der Waals surface area contributed by atoms with Gasteiger partial charge in [-0.2, -0.15) is 0 Å². The highest BCUT2D eigenvalue weighted by atomic mass is 16.6. The van der Waals surface area contributed by atoms with Crippen LogP contribution in [0.4, 0.5) is 0 Å². The number of rotatable bonds is 7. The van der Waals surface area contributed by atoms with E-state index < -0.39 is 17.9 Å². The van der Waals surface area contributed by atoms with Crippen molar-refractivity contribution in [2.24, 2.45) is 0 Å². The second-order valence-electron chi connectivity index (χ2n) is 8.73. The van der Waals surface area contributed by atoms with Gasteiger partial charge in [-0.3, -0.25) is 9.59 Å². The fourth-order valence-corrected chi connectivity index (χ4v) is 4.82. The van der Waals surface area contributed by atoms with E-state index in [2.05, 4.69) is 5.32 Å². The third kappa shape index (κ3) is 5.01. The van der Waals surface area contributed by atoms with E-state index in [4.69, 9.17) is 18.9 Å². The maximum atomic E-state index is 13.3. The Labute approximate surface area is 199 Å². The predicted octanol–water partition coefficient (Wildman–Crippen LogP) is 3.70. The number of esters is 2. The molecule has 0 unspecified atom stereocenters. The molecule has 0 aromatic heterocycles. The molecular weight excluding hydrogens is 438 g/mol. The molecule has 8 nitrogen and oxygen atoms in total. The molecule has 3 aliphatic rings. The molecule has 1 saturated heterocycles. The Morgan fingerprint density at radius 2 is 2.00 bits per heavy atom. The van der Waals surface area contributed by atoms with Crippen LogP contribution in [0.15, 0.2) is 40.7 Å². The van der Waals surface area contributed by atoms with Crippen LogP contribution in [0.1, 0.15) is 64.4 Å². The number of benzene rings is 1. The number of hydrogen-bond acceptors (Lipinski definition) is 8. The van der Waals surface area contributed by atoms with Gasteiger partial charge in [0.15, 0.2) is 17.3 Å². The minimum absolute atomic E-state index is 0.0118. The van der Waals surface area contributed by atoms with Crippen molar-refractivity contribution in [2.45, 2.75) is 64.9 Å². The highest BCUT2D eigenvalue weighted by Gasteiger charge is 2.39. The first-order chi connectivity index (χ1) is 16.4. The van der Waals surface area contributed by atoms with Crippen LogP contribution < -0.4 is 14.8 Å². The standard InChI is InChI=1S/C26H31NO7/c1-4-31-22-13-17(10-11-21(22)34-16(3)28)24-23(26(30)33-14-18-7-6-12-32-18)15(2)27-19-8-5-9-20(29)25(19)24/h10-11,13,18,24,27H,4-9,12,14H2,1-3H3/t18-,24+/m1/s1. The van der Waals surface area contributed by atoms with Crippen LogP contribution in [-0.4, -0.2) is 43.6 Å². The van der Waals surface area contributed by atoms with Crippen molar-refractivity contribution in [3.63, 3.8) is 0 Å². The normalized spacial score (nSPS) is 22.3. The van der Waals surface area contributed by atoms with E-state index in [9.17, 15) is 14.4 Å². The first-order valence-corrected chi connectivity index (χ1v) is 11.9. The zero-order chi connectivity index (χ0) is 24.2. The van der Waals surface area contributed by atoms with Crippen LogP contribution >= 0.6 is 0 Å². The molecule has 1 N–H and O–H groups in total. The maximum absolute atomic E-state index is 13.3. The summed E-state index contributed by atoms with van der Waals surface area (Å²) >= 11 is 0. The number of allylic oxidation sites excluding steroid dienone is 3. The zero-order valence-corrected chi connectivity index (χ0v) is 19.9. The molecule has 8 heteroatoms. The number of nitrogens with one attached hydrogen (secondary N) is 1. The van der Waals surface area contributed by atoms with Crippen LogP contribution in [0.3, 0.4) is 0 Å². The third-order valence-electron chi connectivity index (χ3n) is 6.27. The molecule has 34 heavy (non-hydrogen) atoms. The van der Waals surface area contributed by atoms with Crippen LogP contribution in [0.2, 0.25) is 0 Å². The number of carbonyl (C=O) groups is 3. The summed E-state index contributed by atoms with van der Waals surface area (Å²) in [6.07, 6.45) is 3.64. The molecule has 0 radical (unpaired) electrons. The fourth-order valence-electron chi connectivity index (χ4n) is 4.82. The Kier molecular flexibility index (Phi) is 7.36. The molecule has 1 aromatic carbocycles. The maximum Gasteiger partial charge on any atom is 0.336 e. The summed E-state index contributed by atoms with van der Waals surface area (Å²) in [4.78, 5) is 38.0. The Morgan fingerprint density at radius 1 is 1.18 bits per heavy atom. The fraction of sp³-hybridized carbons (Fsp3) is 0.500. The lowest BCUT2D eigenvalue weighted by molar-refractivity contribution is -0.142. The average molecular weight is 470 g/mol. The van der Waals surface area contributed by atoms with Gasteiger partial charge in [0.2, 0.25) is 0 Å². The summed E-state index contributed by atoms with van der Waals surface area (Å²) in [5, 5.41) is 3.29. The molecule has 0 bridgehead atoms. The SMILES string of the molecule is CCOc1cc([C@H]2C(C(=O)OC[C@H]3CCCO3)=C(C)NC3=C2C(=O)CCC3)ccc1OC(C)=O. The Hall–Kier alpha value is -3.13. The van der Waals surface area contributed by atoms with Crippen molar-refractivity contribution in [3.8, 4) is 11.5 Å². The van der Waals surface area contributed by atoms with Crippen LogP contribution in [0.25, 0.3) is 0 Å². The molecule has 4 rings (SSSR count). The predicted molar refractivity (Wildman–Crippen MR) is 123 cm³/mol. The van der Waals surface area contributed by atoms with Gasteiger partial charge in [0.25, 0.3) is 0 Å². The molecule has 1 aromatic rings. The second kappa shape index (κ2) is 10.4. The van der Waals surface area contributed by atoms with Crippen molar-refractivity contribution in [3.05, 3.63) is 46.3 Å². The Balaban J connectivity index is 1.74. The molecule has 182 valence electrons. The van der Waals surface area contributed by atoms with Gasteiger partial charge in [0, 0.05) is 42.8 Å². The van der Waals surface area contributed by atoms with E-state index in [1.54, 1.807) is 18.2 Å². The van der Waals surface area contributed by atoms with Gasteiger partial charge < -0.3 is 24.3 Å². The monoisotopic (exact) mass is 469 g/mol. The first-order valence-electron chi connectivity index (χ1n) is 11.9. The Bertz CT molecular complexity index is 1050. The summed E-state index contributed by atoms with van der Waals surface area (Å²) in [6.45, 7) is 6.20. The van der Waals surface area contributed by atoms with E-state index in [1.165, 1.54) is 6.92 Å². The lowest BCUT2D eigenvalue weighted by atomic mass is 9.75. The van der Waals surface area contributed by atoms with Crippen LogP contribution in [0.5, 0.6) is 11.5 Å². The summed E-state index contributed by atoms with van der Waals surface area (Å²) in [5.74, 6) is -0.859. The average Bonchev–Trinajstić information content (AvgIpc) is 3.31. The van der Waals surface area contributed by atoms with Crippen molar-refractivity contribution in [1.29, 1.82) is 0 Å². The van der Waals surface area contributed by atoms with Crippen LogP contribution in [-0.2, 0) is 23.9 Å².